The second-order valence-corrected chi connectivity index (χ2v) is 6.51. The molecule has 0 radical (unpaired) electrons. The number of anilines is 1. The standard InChI is InChI=1S/C14H20N4O2S/c1-8-11(21-14(15)16-8)13-17-12(18-20-13)10(19-2)9-6-4-3-5-7-9/h9-10H,3-7H2,1-2H3,(H2,15,16). The molecule has 1 atom stereocenters. The van der Waals surface area contributed by atoms with Crippen LogP contribution in [0.3, 0.4) is 0 Å². The minimum absolute atomic E-state index is 0.0895. The van der Waals surface area contributed by atoms with E-state index in [9.17, 15) is 0 Å². The van der Waals surface area contributed by atoms with Crippen molar-refractivity contribution in [2.75, 3.05) is 12.8 Å². The smallest absolute Gasteiger partial charge is 0.270 e. The third-order valence-electron chi connectivity index (χ3n) is 4.04. The quantitative estimate of drug-likeness (QED) is 0.932. The van der Waals surface area contributed by atoms with Gasteiger partial charge in [-0.1, -0.05) is 35.8 Å². The van der Waals surface area contributed by atoms with Gasteiger partial charge in [-0.05, 0) is 25.7 Å². The summed E-state index contributed by atoms with van der Waals surface area (Å²) in [6, 6.07) is 0. The normalized spacial score (nSPS) is 18.0. The van der Waals surface area contributed by atoms with Crippen LogP contribution in [0.1, 0.15) is 49.7 Å². The number of ether oxygens (including phenoxy) is 1. The average Bonchev–Trinajstić information content (AvgIpc) is 3.08. The van der Waals surface area contributed by atoms with Crippen LogP contribution in [0.2, 0.25) is 0 Å². The van der Waals surface area contributed by atoms with Crippen LogP contribution >= 0.6 is 11.3 Å². The van der Waals surface area contributed by atoms with E-state index in [1.807, 2.05) is 6.92 Å². The minimum atomic E-state index is -0.0895. The van der Waals surface area contributed by atoms with E-state index < -0.39 is 0 Å². The monoisotopic (exact) mass is 308 g/mol. The van der Waals surface area contributed by atoms with Gasteiger partial charge in [0.25, 0.3) is 5.89 Å². The van der Waals surface area contributed by atoms with Crippen LogP contribution in [0.5, 0.6) is 0 Å². The average molecular weight is 308 g/mol. The lowest BCUT2D eigenvalue weighted by atomic mass is 9.85. The summed E-state index contributed by atoms with van der Waals surface area (Å²) < 4.78 is 11.0. The lowest BCUT2D eigenvalue weighted by Crippen LogP contribution is -2.19. The van der Waals surface area contributed by atoms with Gasteiger partial charge in [0.05, 0.1) is 5.69 Å². The van der Waals surface area contributed by atoms with Gasteiger partial charge in [-0.15, -0.1) is 0 Å². The fourth-order valence-electron chi connectivity index (χ4n) is 3.00. The number of hydrogen-bond acceptors (Lipinski definition) is 7. The molecule has 2 heterocycles. The summed E-state index contributed by atoms with van der Waals surface area (Å²) >= 11 is 1.37. The molecule has 3 rings (SSSR count). The first-order valence-corrected chi connectivity index (χ1v) is 8.10. The molecule has 21 heavy (non-hydrogen) atoms. The Bertz CT molecular complexity index is 604. The van der Waals surface area contributed by atoms with Gasteiger partial charge in [-0.2, -0.15) is 4.98 Å². The fourth-order valence-corrected chi connectivity index (χ4v) is 3.76. The molecule has 0 bridgehead atoms. The predicted octanol–water partition coefficient (Wildman–Crippen LogP) is 3.35. The van der Waals surface area contributed by atoms with Crippen molar-refractivity contribution in [3.63, 3.8) is 0 Å². The Hall–Kier alpha value is -1.47. The molecule has 0 aliphatic heterocycles. The second-order valence-electron chi connectivity index (χ2n) is 5.48. The molecule has 1 aliphatic carbocycles. The molecule has 0 aromatic carbocycles. The first-order chi connectivity index (χ1) is 10.2. The first-order valence-electron chi connectivity index (χ1n) is 7.28. The molecule has 0 saturated heterocycles. The van der Waals surface area contributed by atoms with Crippen LogP contribution in [-0.4, -0.2) is 22.2 Å². The lowest BCUT2D eigenvalue weighted by Gasteiger charge is -2.26. The number of thiazole rings is 1. The van der Waals surface area contributed by atoms with E-state index in [2.05, 4.69) is 15.1 Å². The summed E-state index contributed by atoms with van der Waals surface area (Å²) in [6.07, 6.45) is 6.04. The molecule has 1 saturated carbocycles. The van der Waals surface area contributed by atoms with Crippen molar-refractivity contribution in [2.24, 2.45) is 5.92 Å². The van der Waals surface area contributed by atoms with Gasteiger partial charge in [0.1, 0.15) is 11.0 Å². The molecular weight excluding hydrogens is 288 g/mol. The maximum Gasteiger partial charge on any atom is 0.270 e. The van der Waals surface area contributed by atoms with Crippen molar-refractivity contribution in [3.8, 4) is 10.8 Å². The van der Waals surface area contributed by atoms with E-state index in [-0.39, 0.29) is 6.10 Å². The van der Waals surface area contributed by atoms with Crippen molar-refractivity contribution in [1.29, 1.82) is 0 Å². The highest BCUT2D eigenvalue weighted by molar-refractivity contribution is 7.18. The van der Waals surface area contributed by atoms with Crippen LogP contribution in [0.4, 0.5) is 5.13 Å². The number of nitrogens with two attached hydrogens (primary N) is 1. The molecule has 2 N–H and O–H groups in total. The van der Waals surface area contributed by atoms with Gasteiger partial charge in [-0.3, -0.25) is 0 Å². The van der Waals surface area contributed by atoms with Crippen molar-refractivity contribution < 1.29 is 9.26 Å². The molecule has 7 heteroatoms. The maximum atomic E-state index is 5.72. The minimum Gasteiger partial charge on any atom is -0.375 e. The van der Waals surface area contributed by atoms with E-state index in [4.69, 9.17) is 15.0 Å². The highest BCUT2D eigenvalue weighted by Gasteiger charge is 2.29. The summed E-state index contributed by atoms with van der Waals surface area (Å²) in [7, 11) is 1.71. The van der Waals surface area contributed by atoms with Crippen LogP contribution < -0.4 is 5.73 Å². The summed E-state index contributed by atoms with van der Waals surface area (Å²) in [5.74, 6) is 1.59. The van der Waals surface area contributed by atoms with Crippen LogP contribution in [-0.2, 0) is 4.74 Å². The van der Waals surface area contributed by atoms with Crippen molar-refractivity contribution in [3.05, 3.63) is 11.5 Å². The highest BCUT2D eigenvalue weighted by atomic mass is 32.1. The zero-order valence-corrected chi connectivity index (χ0v) is 13.2. The molecule has 1 unspecified atom stereocenters. The van der Waals surface area contributed by atoms with Gasteiger partial charge in [0, 0.05) is 7.11 Å². The van der Waals surface area contributed by atoms with Crippen LogP contribution in [0.25, 0.3) is 10.8 Å². The number of methoxy groups -OCH3 is 1. The first kappa shape index (κ1) is 14.5. The SMILES string of the molecule is COC(c1noc(-c2sc(N)nc2C)n1)C1CCCCC1. The predicted molar refractivity (Wildman–Crippen MR) is 80.9 cm³/mol. The Morgan fingerprint density at radius 2 is 2.05 bits per heavy atom. The summed E-state index contributed by atoms with van der Waals surface area (Å²) in [4.78, 5) is 9.54. The summed E-state index contributed by atoms with van der Waals surface area (Å²) in [6.45, 7) is 1.89. The number of rotatable bonds is 4. The van der Waals surface area contributed by atoms with Gasteiger partial charge >= 0.3 is 0 Å². The Morgan fingerprint density at radius 1 is 1.29 bits per heavy atom. The number of aryl methyl sites for hydroxylation is 1. The molecule has 6 nitrogen and oxygen atoms in total. The maximum absolute atomic E-state index is 5.72. The van der Waals surface area contributed by atoms with E-state index >= 15 is 0 Å². The summed E-state index contributed by atoms with van der Waals surface area (Å²) in [5.41, 5.74) is 6.54. The van der Waals surface area contributed by atoms with E-state index in [1.165, 1.54) is 30.6 Å². The topological polar surface area (TPSA) is 87.1 Å². The largest absolute Gasteiger partial charge is 0.375 e. The molecule has 2 aromatic heterocycles. The van der Waals surface area contributed by atoms with Crippen molar-refractivity contribution in [2.45, 2.75) is 45.1 Å². The van der Waals surface area contributed by atoms with E-state index in [0.29, 0.717) is 22.8 Å². The van der Waals surface area contributed by atoms with Crippen molar-refractivity contribution >= 4 is 16.5 Å². The molecular formula is C14H20N4O2S. The van der Waals surface area contributed by atoms with Crippen LogP contribution in [0, 0.1) is 12.8 Å². The molecule has 0 amide bonds. The molecule has 1 fully saturated rings. The van der Waals surface area contributed by atoms with Crippen LogP contribution in [0.15, 0.2) is 4.52 Å². The third kappa shape index (κ3) is 2.94. The van der Waals surface area contributed by atoms with Gasteiger partial charge in [0.15, 0.2) is 5.13 Å². The Labute approximate surface area is 127 Å². The third-order valence-corrected chi connectivity index (χ3v) is 5.01. The van der Waals surface area contributed by atoms with Gasteiger partial charge in [0.2, 0.25) is 5.82 Å². The fraction of sp³-hybridized carbons (Fsp3) is 0.643. The number of hydrogen-bond donors (Lipinski definition) is 1. The Balaban J connectivity index is 1.84. The molecule has 2 aromatic rings. The Morgan fingerprint density at radius 3 is 2.67 bits per heavy atom. The zero-order valence-electron chi connectivity index (χ0n) is 12.3. The highest BCUT2D eigenvalue weighted by Crippen LogP contribution is 2.37. The molecule has 0 spiro atoms. The summed E-state index contributed by atoms with van der Waals surface area (Å²) in [5, 5.41) is 4.63. The Kier molecular flexibility index (Phi) is 4.21. The van der Waals surface area contributed by atoms with Crippen molar-refractivity contribution in [1.82, 2.24) is 15.1 Å². The molecule has 1 aliphatic rings. The van der Waals surface area contributed by atoms with Gasteiger partial charge < -0.3 is 15.0 Å². The molecule has 114 valence electrons. The zero-order chi connectivity index (χ0) is 14.8. The number of aromatic nitrogens is 3. The lowest BCUT2D eigenvalue weighted by molar-refractivity contribution is 0.0274. The second kappa shape index (κ2) is 6.11. The van der Waals surface area contributed by atoms with Gasteiger partial charge in [-0.25, -0.2) is 4.98 Å². The number of nitrogens with zero attached hydrogens (tertiary/aromatic N) is 3. The van der Waals surface area contributed by atoms with E-state index in [1.54, 1.807) is 7.11 Å². The number of nitrogen functional groups attached to an aromatic ring is 1. The van der Waals surface area contributed by atoms with E-state index in [0.717, 1.165) is 23.4 Å².